The highest BCUT2D eigenvalue weighted by atomic mass is 16.3. The number of hydrogen-bond donors (Lipinski definition) is 4. The number of aryl methyl sites for hydroxylation is 2. The maximum absolute atomic E-state index is 12.5. The van der Waals surface area contributed by atoms with Gasteiger partial charge in [0.05, 0.1) is 22.7 Å². The van der Waals surface area contributed by atoms with Crippen LogP contribution in [-0.2, 0) is 0 Å². The van der Waals surface area contributed by atoms with Gasteiger partial charge in [-0.2, -0.15) is 0 Å². The molecule has 0 fully saturated rings. The van der Waals surface area contributed by atoms with Gasteiger partial charge in [0, 0.05) is 17.6 Å². The number of rotatable bonds is 3. The minimum absolute atomic E-state index is 0.0473. The summed E-state index contributed by atoms with van der Waals surface area (Å²) < 4.78 is 0. The Kier molecular flexibility index (Phi) is 4.14. The second-order valence-electron chi connectivity index (χ2n) is 5.85. The molecule has 25 heavy (non-hydrogen) atoms. The van der Waals surface area contributed by atoms with Crippen LogP contribution in [0.15, 0.2) is 46.1 Å². The van der Waals surface area contributed by atoms with Crippen molar-refractivity contribution in [1.82, 2.24) is 15.0 Å². The number of nitrogens with zero attached hydrogens (tertiary/aromatic N) is 1. The van der Waals surface area contributed by atoms with Gasteiger partial charge >= 0.3 is 0 Å². The Hall–Kier alpha value is -3.35. The third-order valence-electron chi connectivity index (χ3n) is 3.93. The van der Waals surface area contributed by atoms with Crippen molar-refractivity contribution in [1.29, 1.82) is 0 Å². The Balaban J connectivity index is 2.38. The van der Waals surface area contributed by atoms with Gasteiger partial charge in [0.1, 0.15) is 11.5 Å². The lowest BCUT2D eigenvalue weighted by Gasteiger charge is -2.18. The number of aromatic amines is 2. The Labute approximate surface area is 142 Å². The molecule has 0 saturated heterocycles. The third kappa shape index (κ3) is 3.03. The second kappa shape index (κ2) is 6.27. The van der Waals surface area contributed by atoms with E-state index < -0.39 is 17.0 Å². The normalized spacial score (nSPS) is 11.0. The molecule has 0 aliphatic heterocycles. The average Bonchev–Trinajstić information content (AvgIpc) is 2.52. The molecule has 0 saturated carbocycles. The number of aromatic hydroxyl groups is 2. The van der Waals surface area contributed by atoms with Gasteiger partial charge in [-0.15, -0.1) is 0 Å². The monoisotopic (exact) mass is 339 g/mol. The van der Waals surface area contributed by atoms with E-state index >= 15 is 0 Å². The van der Waals surface area contributed by atoms with Crippen molar-refractivity contribution in [3.8, 4) is 11.5 Å². The van der Waals surface area contributed by atoms with Gasteiger partial charge in [-0.3, -0.25) is 14.6 Å². The lowest BCUT2D eigenvalue weighted by Crippen LogP contribution is -2.25. The van der Waals surface area contributed by atoms with Crippen molar-refractivity contribution in [2.24, 2.45) is 0 Å². The fourth-order valence-corrected chi connectivity index (χ4v) is 2.91. The van der Waals surface area contributed by atoms with Crippen LogP contribution in [0, 0.1) is 13.8 Å². The number of H-pyrrole nitrogens is 2. The molecule has 3 heterocycles. The molecule has 3 aromatic heterocycles. The Morgan fingerprint density at radius 3 is 1.84 bits per heavy atom. The van der Waals surface area contributed by atoms with Gasteiger partial charge in [0.2, 0.25) is 0 Å². The molecule has 0 bridgehead atoms. The van der Waals surface area contributed by atoms with Crippen molar-refractivity contribution >= 4 is 0 Å². The summed E-state index contributed by atoms with van der Waals surface area (Å²) >= 11 is 0. The first kappa shape index (κ1) is 16.5. The number of nitrogens with one attached hydrogen (secondary N) is 2. The first-order chi connectivity index (χ1) is 11.9. The summed E-state index contributed by atoms with van der Waals surface area (Å²) in [6.07, 6.45) is 1.52. The Bertz CT molecular complexity index is 973. The highest BCUT2D eigenvalue weighted by molar-refractivity contribution is 5.50. The van der Waals surface area contributed by atoms with Crippen molar-refractivity contribution < 1.29 is 10.2 Å². The molecule has 0 aromatic carbocycles. The van der Waals surface area contributed by atoms with Crippen molar-refractivity contribution in [3.05, 3.63) is 85.4 Å². The molecule has 0 unspecified atom stereocenters. The standard InChI is InChI=1S/C18H17N3O4/c1-9-7-12(22)15(17(24)20-9)14(11-5-3-4-6-19-11)16-13(23)8-10(2)21-18(16)25/h3-8,14H,1-2H3,(H2,20,22,24)(H2,21,23,25). The molecule has 3 rings (SSSR count). The van der Waals surface area contributed by atoms with Crippen LogP contribution >= 0.6 is 0 Å². The number of pyridine rings is 3. The molecule has 0 atom stereocenters. The first-order valence-corrected chi connectivity index (χ1v) is 7.65. The van der Waals surface area contributed by atoms with Gasteiger partial charge in [0.25, 0.3) is 11.1 Å². The first-order valence-electron chi connectivity index (χ1n) is 7.65. The molecule has 0 radical (unpaired) electrons. The van der Waals surface area contributed by atoms with E-state index in [0.717, 1.165) is 0 Å². The van der Waals surface area contributed by atoms with E-state index in [2.05, 4.69) is 15.0 Å². The van der Waals surface area contributed by atoms with Crippen LogP contribution in [0.2, 0.25) is 0 Å². The maximum atomic E-state index is 12.5. The van der Waals surface area contributed by atoms with Crippen LogP contribution in [0.5, 0.6) is 11.5 Å². The zero-order valence-electron chi connectivity index (χ0n) is 13.7. The van der Waals surface area contributed by atoms with Crippen molar-refractivity contribution in [2.75, 3.05) is 0 Å². The van der Waals surface area contributed by atoms with E-state index in [0.29, 0.717) is 17.1 Å². The SMILES string of the molecule is Cc1cc(O)c(C(c2ccccn2)c2c(O)cc(C)[nH]c2=O)c(=O)[nH]1. The van der Waals surface area contributed by atoms with Gasteiger partial charge in [-0.1, -0.05) is 6.07 Å². The smallest absolute Gasteiger partial charge is 0.256 e. The fourth-order valence-electron chi connectivity index (χ4n) is 2.91. The van der Waals surface area contributed by atoms with Crippen LogP contribution in [-0.4, -0.2) is 25.2 Å². The topological polar surface area (TPSA) is 119 Å². The zero-order valence-corrected chi connectivity index (χ0v) is 13.7. The summed E-state index contributed by atoms with van der Waals surface area (Å²) in [5.41, 5.74) is 0.126. The van der Waals surface area contributed by atoms with Gasteiger partial charge < -0.3 is 20.2 Å². The predicted molar refractivity (Wildman–Crippen MR) is 92.1 cm³/mol. The van der Waals surface area contributed by atoms with Gasteiger partial charge in [0.15, 0.2) is 0 Å². The Morgan fingerprint density at radius 1 is 0.920 bits per heavy atom. The number of hydrogen-bond acceptors (Lipinski definition) is 5. The van der Waals surface area contributed by atoms with Crippen LogP contribution in [0.25, 0.3) is 0 Å². The Morgan fingerprint density at radius 2 is 1.44 bits per heavy atom. The van der Waals surface area contributed by atoms with E-state index in [-0.39, 0.29) is 22.6 Å². The summed E-state index contributed by atoms with van der Waals surface area (Å²) in [7, 11) is 0. The summed E-state index contributed by atoms with van der Waals surface area (Å²) in [6.45, 7) is 3.27. The highest BCUT2D eigenvalue weighted by Gasteiger charge is 2.29. The highest BCUT2D eigenvalue weighted by Crippen LogP contribution is 2.35. The third-order valence-corrected chi connectivity index (χ3v) is 3.93. The summed E-state index contributed by atoms with van der Waals surface area (Å²) in [5, 5.41) is 20.7. The molecule has 3 aromatic rings. The van der Waals surface area contributed by atoms with Crippen LogP contribution in [0.4, 0.5) is 0 Å². The largest absolute Gasteiger partial charge is 0.507 e. The lowest BCUT2D eigenvalue weighted by molar-refractivity contribution is 0.454. The van der Waals surface area contributed by atoms with E-state index in [9.17, 15) is 19.8 Å². The van der Waals surface area contributed by atoms with Gasteiger partial charge in [-0.25, -0.2) is 0 Å². The van der Waals surface area contributed by atoms with Crippen molar-refractivity contribution in [3.63, 3.8) is 0 Å². The minimum Gasteiger partial charge on any atom is -0.507 e. The fraction of sp³-hybridized carbons (Fsp3) is 0.167. The summed E-state index contributed by atoms with van der Waals surface area (Å²) in [4.78, 5) is 34.4. The molecule has 0 spiro atoms. The number of aromatic nitrogens is 3. The van der Waals surface area contributed by atoms with E-state index in [1.807, 2.05) is 0 Å². The zero-order chi connectivity index (χ0) is 18.1. The summed E-state index contributed by atoms with van der Waals surface area (Å²) in [6, 6.07) is 7.81. The molecule has 7 nitrogen and oxygen atoms in total. The minimum atomic E-state index is -1.02. The molecule has 0 aliphatic carbocycles. The molecule has 128 valence electrons. The second-order valence-corrected chi connectivity index (χ2v) is 5.85. The average molecular weight is 339 g/mol. The summed E-state index contributed by atoms with van der Waals surface area (Å²) in [5.74, 6) is -1.55. The van der Waals surface area contributed by atoms with E-state index in [1.165, 1.54) is 18.3 Å². The maximum Gasteiger partial charge on any atom is 0.256 e. The van der Waals surface area contributed by atoms with E-state index in [4.69, 9.17) is 0 Å². The van der Waals surface area contributed by atoms with Crippen LogP contribution in [0.1, 0.15) is 34.1 Å². The van der Waals surface area contributed by atoms with Crippen LogP contribution in [0.3, 0.4) is 0 Å². The van der Waals surface area contributed by atoms with Crippen molar-refractivity contribution in [2.45, 2.75) is 19.8 Å². The molecule has 4 N–H and O–H groups in total. The molecular weight excluding hydrogens is 322 g/mol. The van der Waals surface area contributed by atoms with E-state index in [1.54, 1.807) is 32.0 Å². The lowest BCUT2D eigenvalue weighted by atomic mass is 9.88. The quantitative estimate of drug-likeness (QED) is 0.579. The molecule has 0 amide bonds. The van der Waals surface area contributed by atoms with Gasteiger partial charge in [-0.05, 0) is 38.1 Å². The molecule has 7 heteroatoms. The predicted octanol–water partition coefficient (Wildman–Crippen LogP) is 1.67. The molecular formula is C18H17N3O4. The van der Waals surface area contributed by atoms with Crippen LogP contribution < -0.4 is 11.1 Å². The molecule has 0 aliphatic rings.